The zero-order valence-corrected chi connectivity index (χ0v) is 14.8. The van der Waals surface area contributed by atoms with E-state index in [1.54, 1.807) is 18.1 Å². The summed E-state index contributed by atoms with van der Waals surface area (Å²) >= 11 is 0. The monoisotopic (exact) mass is 341 g/mol. The van der Waals surface area contributed by atoms with E-state index in [0.717, 1.165) is 21.9 Å². The fraction of sp³-hybridized carbons (Fsp3) is 0.0909. The summed E-state index contributed by atoms with van der Waals surface area (Å²) in [7, 11) is 3.63. The van der Waals surface area contributed by atoms with Gasteiger partial charge in [-0.05, 0) is 28.0 Å². The van der Waals surface area contributed by atoms with E-state index in [1.807, 2.05) is 60.3 Å². The molecule has 0 aliphatic rings. The molecule has 0 aliphatic heterocycles. The number of aryl methyl sites for hydroxylation is 1. The summed E-state index contributed by atoms with van der Waals surface area (Å²) < 4.78 is 1.83. The van der Waals surface area contributed by atoms with Gasteiger partial charge in [0.15, 0.2) is 0 Å². The van der Waals surface area contributed by atoms with Crippen LogP contribution in [0, 0.1) is 0 Å². The molecule has 0 aliphatic carbocycles. The first-order valence-corrected chi connectivity index (χ1v) is 8.49. The Hall–Kier alpha value is -3.40. The molecular weight excluding hydrogens is 322 g/mol. The highest BCUT2D eigenvalue weighted by molar-refractivity contribution is 6.11. The van der Waals surface area contributed by atoms with Gasteiger partial charge in [-0.15, -0.1) is 0 Å². The van der Waals surface area contributed by atoms with Gasteiger partial charge in [0.25, 0.3) is 5.91 Å². The molecular formula is C22H19N3O. The molecule has 0 fully saturated rings. The molecule has 4 aromatic rings. The molecule has 4 rings (SSSR count). The number of amides is 1. The second-order valence-electron chi connectivity index (χ2n) is 6.27. The van der Waals surface area contributed by atoms with Gasteiger partial charge in [0, 0.05) is 32.1 Å². The van der Waals surface area contributed by atoms with Gasteiger partial charge in [0.1, 0.15) is 0 Å². The Labute approximate surface area is 152 Å². The maximum absolute atomic E-state index is 13.2. The fourth-order valence-electron chi connectivity index (χ4n) is 3.32. The number of aromatic nitrogens is 2. The summed E-state index contributed by atoms with van der Waals surface area (Å²) in [6, 6.07) is 22.1. The molecule has 3 aromatic carbocycles. The molecule has 0 N–H and O–H groups in total. The number of fused-ring (bicyclic) bond motifs is 1. The van der Waals surface area contributed by atoms with Crippen molar-refractivity contribution in [2.45, 2.75) is 0 Å². The van der Waals surface area contributed by atoms with Crippen LogP contribution in [-0.2, 0) is 7.05 Å². The molecule has 4 heteroatoms. The zero-order valence-electron chi connectivity index (χ0n) is 14.8. The van der Waals surface area contributed by atoms with Crippen LogP contribution in [-0.4, -0.2) is 22.5 Å². The van der Waals surface area contributed by atoms with E-state index >= 15 is 0 Å². The second kappa shape index (κ2) is 6.48. The minimum Gasteiger partial charge on any atom is -0.320 e. The summed E-state index contributed by atoms with van der Waals surface area (Å²) in [5.74, 6) is 0.533. The van der Waals surface area contributed by atoms with Crippen molar-refractivity contribution in [3.05, 3.63) is 84.7 Å². The van der Waals surface area contributed by atoms with Crippen LogP contribution in [0.4, 0.5) is 5.95 Å². The molecule has 0 radical (unpaired) electrons. The maximum Gasteiger partial charge on any atom is 0.260 e. The predicted molar refractivity (Wildman–Crippen MR) is 105 cm³/mol. The van der Waals surface area contributed by atoms with Gasteiger partial charge in [-0.25, -0.2) is 4.98 Å². The van der Waals surface area contributed by atoms with Crippen LogP contribution in [0.1, 0.15) is 10.4 Å². The quantitative estimate of drug-likeness (QED) is 0.549. The molecule has 26 heavy (non-hydrogen) atoms. The molecule has 1 heterocycles. The van der Waals surface area contributed by atoms with E-state index in [0.29, 0.717) is 11.5 Å². The highest BCUT2D eigenvalue weighted by Crippen LogP contribution is 2.31. The van der Waals surface area contributed by atoms with E-state index in [2.05, 4.69) is 29.2 Å². The van der Waals surface area contributed by atoms with Gasteiger partial charge in [0.05, 0.1) is 0 Å². The average molecular weight is 341 g/mol. The first kappa shape index (κ1) is 16.1. The number of carbonyl (C=O) groups is 1. The molecule has 1 aromatic heterocycles. The van der Waals surface area contributed by atoms with Gasteiger partial charge < -0.3 is 4.57 Å². The Bertz CT molecular complexity index is 1090. The van der Waals surface area contributed by atoms with Gasteiger partial charge in [-0.1, -0.05) is 60.7 Å². The highest BCUT2D eigenvalue weighted by Gasteiger charge is 2.20. The first-order chi connectivity index (χ1) is 12.7. The Morgan fingerprint density at radius 3 is 2.42 bits per heavy atom. The molecule has 0 spiro atoms. The van der Waals surface area contributed by atoms with E-state index < -0.39 is 0 Å². The molecule has 0 saturated carbocycles. The number of hydrogen-bond acceptors (Lipinski definition) is 2. The lowest BCUT2D eigenvalue weighted by atomic mass is 9.94. The normalized spacial score (nSPS) is 10.8. The van der Waals surface area contributed by atoms with Crippen molar-refractivity contribution < 1.29 is 4.79 Å². The van der Waals surface area contributed by atoms with Gasteiger partial charge >= 0.3 is 0 Å². The number of hydrogen-bond donors (Lipinski definition) is 0. The molecule has 128 valence electrons. The van der Waals surface area contributed by atoms with Gasteiger partial charge in [-0.2, -0.15) is 0 Å². The lowest BCUT2D eigenvalue weighted by Crippen LogP contribution is -2.29. The number of anilines is 1. The molecule has 0 atom stereocenters. The highest BCUT2D eigenvalue weighted by atomic mass is 16.2. The third kappa shape index (κ3) is 2.65. The summed E-state index contributed by atoms with van der Waals surface area (Å²) in [6.07, 6.45) is 3.52. The van der Waals surface area contributed by atoms with Crippen LogP contribution in [0.25, 0.3) is 21.9 Å². The van der Waals surface area contributed by atoms with Crippen molar-refractivity contribution in [1.29, 1.82) is 0 Å². The number of nitrogens with zero attached hydrogens (tertiary/aromatic N) is 3. The number of carbonyl (C=O) groups excluding carboxylic acids is 1. The van der Waals surface area contributed by atoms with Crippen molar-refractivity contribution >= 4 is 22.6 Å². The third-order valence-electron chi connectivity index (χ3n) is 4.64. The summed E-state index contributed by atoms with van der Waals surface area (Å²) in [5.41, 5.74) is 2.64. The zero-order chi connectivity index (χ0) is 18.1. The lowest BCUT2D eigenvalue weighted by Gasteiger charge is -2.19. The third-order valence-corrected chi connectivity index (χ3v) is 4.64. The average Bonchev–Trinajstić information content (AvgIpc) is 3.12. The largest absolute Gasteiger partial charge is 0.320 e. The first-order valence-electron chi connectivity index (χ1n) is 8.49. The molecule has 0 bridgehead atoms. The van der Waals surface area contributed by atoms with Crippen LogP contribution in [0.2, 0.25) is 0 Å². The summed E-state index contributed by atoms with van der Waals surface area (Å²) in [6.45, 7) is 0. The topological polar surface area (TPSA) is 38.1 Å². The fourth-order valence-corrected chi connectivity index (χ4v) is 3.32. The standard InChI is InChI=1S/C22H19N3O/c1-24-15-14-23-22(24)25(2)21(26)20-12-6-5-11-19(20)18-13-7-9-16-8-3-4-10-17(16)18/h3-15H,1-2H3. The van der Waals surface area contributed by atoms with Crippen molar-refractivity contribution in [3.63, 3.8) is 0 Å². The maximum atomic E-state index is 13.2. The van der Waals surface area contributed by atoms with E-state index in [9.17, 15) is 4.79 Å². The van der Waals surface area contributed by atoms with Crippen LogP contribution >= 0.6 is 0 Å². The van der Waals surface area contributed by atoms with Gasteiger partial charge in [0.2, 0.25) is 5.95 Å². The van der Waals surface area contributed by atoms with E-state index in [-0.39, 0.29) is 5.91 Å². The van der Waals surface area contributed by atoms with Crippen molar-refractivity contribution in [2.24, 2.45) is 7.05 Å². The van der Waals surface area contributed by atoms with Crippen LogP contribution in [0.15, 0.2) is 79.1 Å². The Morgan fingerprint density at radius 1 is 0.923 bits per heavy atom. The molecule has 0 unspecified atom stereocenters. The Morgan fingerprint density at radius 2 is 1.62 bits per heavy atom. The van der Waals surface area contributed by atoms with E-state index in [4.69, 9.17) is 0 Å². The van der Waals surface area contributed by atoms with Crippen molar-refractivity contribution in [2.75, 3.05) is 11.9 Å². The number of benzene rings is 3. The smallest absolute Gasteiger partial charge is 0.260 e. The van der Waals surface area contributed by atoms with Crippen LogP contribution in [0.5, 0.6) is 0 Å². The Balaban J connectivity index is 1.85. The number of rotatable bonds is 3. The van der Waals surface area contributed by atoms with Crippen LogP contribution in [0.3, 0.4) is 0 Å². The summed E-state index contributed by atoms with van der Waals surface area (Å²) in [4.78, 5) is 19.1. The Kier molecular flexibility index (Phi) is 4.01. The summed E-state index contributed by atoms with van der Waals surface area (Å²) in [5, 5.41) is 2.29. The molecule has 0 saturated heterocycles. The minimum absolute atomic E-state index is 0.0807. The SMILES string of the molecule is CN(C(=O)c1ccccc1-c1cccc2ccccc12)c1nccn1C. The van der Waals surface area contributed by atoms with Gasteiger partial charge in [-0.3, -0.25) is 9.69 Å². The molecule has 4 nitrogen and oxygen atoms in total. The van der Waals surface area contributed by atoms with Crippen LogP contribution < -0.4 is 4.90 Å². The molecule has 1 amide bonds. The van der Waals surface area contributed by atoms with Crippen molar-refractivity contribution in [1.82, 2.24) is 9.55 Å². The van der Waals surface area contributed by atoms with Crippen molar-refractivity contribution in [3.8, 4) is 11.1 Å². The minimum atomic E-state index is -0.0807. The second-order valence-corrected chi connectivity index (χ2v) is 6.27. The van der Waals surface area contributed by atoms with E-state index in [1.165, 1.54) is 0 Å². The predicted octanol–water partition coefficient (Wildman–Crippen LogP) is 4.52. The number of imidazole rings is 1. The lowest BCUT2D eigenvalue weighted by molar-refractivity contribution is 0.0991.